The third-order valence-electron chi connectivity index (χ3n) is 4.61. The monoisotopic (exact) mass is 355 g/mol. The number of nitro benzene ring substituents is 1. The van der Waals surface area contributed by atoms with E-state index in [1.54, 1.807) is 4.90 Å². The molecule has 0 aromatic heterocycles. The van der Waals surface area contributed by atoms with Crippen LogP contribution in [0.3, 0.4) is 0 Å². The number of carbonyl (C=O) groups is 1. The maximum Gasteiger partial charge on any atom is 0.322 e. The van der Waals surface area contributed by atoms with E-state index in [-0.39, 0.29) is 23.5 Å². The van der Waals surface area contributed by atoms with Gasteiger partial charge in [0.1, 0.15) is 5.75 Å². The number of likely N-dealkylation sites (tertiary alicyclic amines) is 1. The van der Waals surface area contributed by atoms with E-state index in [4.69, 9.17) is 4.74 Å². The van der Waals surface area contributed by atoms with Crippen LogP contribution in [-0.2, 0) is 0 Å². The highest BCUT2D eigenvalue weighted by Gasteiger charge is 2.30. The molecule has 0 radical (unpaired) electrons. The van der Waals surface area contributed by atoms with Gasteiger partial charge in [-0.3, -0.25) is 10.1 Å². The zero-order chi connectivity index (χ0) is 18.7. The summed E-state index contributed by atoms with van der Waals surface area (Å²) < 4.78 is 5.19. The second-order valence-electron chi connectivity index (χ2n) is 6.33. The number of carbonyl (C=O) groups excluding carboxylic acids is 1. The summed E-state index contributed by atoms with van der Waals surface area (Å²) in [5, 5.41) is 13.7. The Morgan fingerprint density at radius 3 is 2.65 bits per heavy atom. The average Bonchev–Trinajstić information content (AvgIpc) is 3.12. The van der Waals surface area contributed by atoms with Crippen molar-refractivity contribution in [1.29, 1.82) is 0 Å². The van der Waals surface area contributed by atoms with E-state index in [1.165, 1.54) is 30.9 Å². The highest BCUT2D eigenvalue weighted by molar-refractivity contribution is 5.91. The largest absolute Gasteiger partial charge is 0.494 e. The molecule has 1 atom stereocenters. The van der Waals surface area contributed by atoms with Crippen LogP contribution in [0.15, 0.2) is 42.5 Å². The van der Waals surface area contributed by atoms with E-state index >= 15 is 0 Å². The molecule has 0 unspecified atom stereocenters. The number of anilines is 1. The molecule has 7 nitrogen and oxygen atoms in total. The summed E-state index contributed by atoms with van der Waals surface area (Å²) in [6.07, 6.45) is 1.84. The van der Waals surface area contributed by atoms with Gasteiger partial charge in [0.15, 0.2) is 0 Å². The quantitative estimate of drug-likeness (QED) is 0.655. The fraction of sp³-hybridized carbons (Fsp3) is 0.316. The molecule has 2 aromatic carbocycles. The second kappa shape index (κ2) is 7.43. The van der Waals surface area contributed by atoms with Gasteiger partial charge in [-0.2, -0.15) is 0 Å². The van der Waals surface area contributed by atoms with Crippen LogP contribution in [0.5, 0.6) is 5.75 Å². The van der Waals surface area contributed by atoms with Gasteiger partial charge >= 0.3 is 6.03 Å². The fourth-order valence-electron chi connectivity index (χ4n) is 3.23. The van der Waals surface area contributed by atoms with Crippen molar-refractivity contribution in [2.45, 2.75) is 25.8 Å². The Kier molecular flexibility index (Phi) is 5.06. The van der Waals surface area contributed by atoms with Gasteiger partial charge in [0, 0.05) is 12.6 Å². The Balaban J connectivity index is 1.78. The van der Waals surface area contributed by atoms with Crippen molar-refractivity contribution in [3.63, 3.8) is 0 Å². The van der Waals surface area contributed by atoms with Gasteiger partial charge in [-0.15, -0.1) is 0 Å². The summed E-state index contributed by atoms with van der Waals surface area (Å²) in [5.74, 6) is 0.263. The minimum absolute atomic E-state index is 0.0274. The molecule has 7 heteroatoms. The summed E-state index contributed by atoms with van der Waals surface area (Å²) in [7, 11) is 1.42. The van der Waals surface area contributed by atoms with Crippen LogP contribution < -0.4 is 10.1 Å². The lowest BCUT2D eigenvalue weighted by Gasteiger charge is -2.26. The molecule has 26 heavy (non-hydrogen) atoms. The molecular formula is C19H21N3O4. The van der Waals surface area contributed by atoms with Crippen molar-refractivity contribution >= 4 is 17.4 Å². The van der Waals surface area contributed by atoms with Crippen LogP contribution in [-0.4, -0.2) is 29.5 Å². The number of rotatable bonds is 4. The smallest absolute Gasteiger partial charge is 0.322 e. The second-order valence-corrected chi connectivity index (χ2v) is 6.33. The van der Waals surface area contributed by atoms with Gasteiger partial charge in [0.05, 0.1) is 29.8 Å². The highest BCUT2D eigenvalue weighted by Crippen LogP contribution is 2.34. The average molecular weight is 355 g/mol. The number of amides is 2. The molecule has 0 spiro atoms. The Morgan fingerprint density at radius 1 is 1.27 bits per heavy atom. The number of ether oxygens (including phenoxy) is 1. The predicted molar refractivity (Wildman–Crippen MR) is 98.5 cm³/mol. The lowest BCUT2D eigenvalue weighted by molar-refractivity contribution is -0.384. The van der Waals surface area contributed by atoms with E-state index in [2.05, 4.69) is 17.4 Å². The van der Waals surface area contributed by atoms with Gasteiger partial charge in [-0.05, 0) is 31.4 Å². The summed E-state index contributed by atoms with van der Waals surface area (Å²) >= 11 is 0. The minimum Gasteiger partial charge on any atom is -0.494 e. The molecule has 0 bridgehead atoms. The molecular weight excluding hydrogens is 334 g/mol. The Morgan fingerprint density at radius 2 is 2.00 bits per heavy atom. The van der Waals surface area contributed by atoms with Crippen molar-refractivity contribution in [2.75, 3.05) is 19.0 Å². The van der Waals surface area contributed by atoms with Gasteiger partial charge in [0.25, 0.3) is 5.69 Å². The highest BCUT2D eigenvalue weighted by atomic mass is 16.6. The van der Waals surface area contributed by atoms with E-state index in [0.717, 1.165) is 18.4 Å². The Hall–Kier alpha value is -3.09. The van der Waals surface area contributed by atoms with E-state index < -0.39 is 4.92 Å². The predicted octanol–water partition coefficient (Wildman–Crippen LogP) is 4.28. The number of benzene rings is 2. The van der Waals surface area contributed by atoms with Crippen molar-refractivity contribution < 1.29 is 14.5 Å². The maximum atomic E-state index is 12.8. The topological polar surface area (TPSA) is 84.7 Å². The molecule has 2 aromatic rings. The number of hydrogen-bond acceptors (Lipinski definition) is 4. The summed E-state index contributed by atoms with van der Waals surface area (Å²) in [5.41, 5.74) is 2.62. The molecule has 0 aliphatic carbocycles. The normalized spacial score (nSPS) is 16.4. The zero-order valence-corrected chi connectivity index (χ0v) is 14.8. The van der Waals surface area contributed by atoms with Crippen LogP contribution >= 0.6 is 0 Å². The summed E-state index contributed by atoms with van der Waals surface area (Å²) in [6, 6.07) is 12.1. The van der Waals surface area contributed by atoms with Crippen LogP contribution in [0.4, 0.5) is 16.2 Å². The lowest BCUT2D eigenvalue weighted by Crippen LogP contribution is -2.34. The van der Waals surface area contributed by atoms with Crippen LogP contribution in [0.25, 0.3) is 0 Å². The molecule has 1 fully saturated rings. The first-order chi connectivity index (χ1) is 12.5. The standard InChI is InChI=1S/C19H21N3O4/c1-13-5-7-14(8-6-13)17-4-3-11-21(17)19(23)20-16-10-9-15(22(24)25)12-18(16)26-2/h5-10,12,17H,3-4,11H2,1-2H3,(H,20,23)/t17-/m0/s1. The van der Waals surface area contributed by atoms with Gasteiger partial charge < -0.3 is 15.0 Å². The first-order valence-electron chi connectivity index (χ1n) is 8.46. The van der Waals surface area contributed by atoms with Gasteiger partial charge in [-0.25, -0.2) is 4.79 Å². The molecule has 2 amide bonds. The Bertz CT molecular complexity index is 820. The van der Waals surface area contributed by atoms with Crippen molar-refractivity contribution in [3.05, 3.63) is 63.7 Å². The van der Waals surface area contributed by atoms with Crippen LogP contribution in [0.2, 0.25) is 0 Å². The number of nitrogens with one attached hydrogen (secondary N) is 1. The van der Waals surface area contributed by atoms with E-state index in [1.807, 2.05) is 19.1 Å². The van der Waals surface area contributed by atoms with Gasteiger partial charge in [-0.1, -0.05) is 29.8 Å². The zero-order valence-electron chi connectivity index (χ0n) is 14.8. The number of non-ortho nitro benzene ring substituents is 1. The number of nitro groups is 1. The minimum atomic E-state index is -0.498. The molecule has 1 saturated heterocycles. The maximum absolute atomic E-state index is 12.8. The van der Waals surface area contributed by atoms with Crippen LogP contribution in [0.1, 0.15) is 30.0 Å². The number of urea groups is 1. The summed E-state index contributed by atoms with van der Waals surface area (Å²) in [6.45, 7) is 2.70. The third kappa shape index (κ3) is 3.61. The molecule has 1 aliphatic heterocycles. The molecule has 1 N–H and O–H groups in total. The third-order valence-corrected chi connectivity index (χ3v) is 4.61. The number of hydrogen-bond donors (Lipinski definition) is 1. The summed E-state index contributed by atoms with van der Waals surface area (Å²) in [4.78, 5) is 25.0. The van der Waals surface area contributed by atoms with Crippen LogP contribution in [0, 0.1) is 17.0 Å². The fourth-order valence-corrected chi connectivity index (χ4v) is 3.23. The first kappa shape index (κ1) is 17.7. The van der Waals surface area contributed by atoms with Crippen molar-refractivity contribution in [2.24, 2.45) is 0 Å². The number of methoxy groups -OCH3 is 1. The SMILES string of the molecule is COc1cc([N+](=O)[O-])ccc1NC(=O)N1CCC[C@H]1c1ccc(C)cc1. The molecule has 1 aliphatic rings. The van der Waals surface area contributed by atoms with E-state index in [0.29, 0.717) is 12.2 Å². The number of aryl methyl sites for hydroxylation is 1. The van der Waals surface area contributed by atoms with Crippen molar-refractivity contribution in [1.82, 2.24) is 4.90 Å². The molecule has 1 heterocycles. The molecule has 136 valence electrons. The van der Waals surface area contributed by atoms with Gasteiger partial charge in [0.2, 0.25) is 0 Å². The Labute approximate surface area is 151 Å². The first-order valence-corrected chi connectivity index (χ1v) is 8.46. The molecule has 3 rings (SSSR count). The van der Waals surface area contributed by atoms with Crippen molar-refractivity contribution in [3.8, 4) is 5.75 Å². The number of nitrogens with zero attached hydrogens (tertiary/aromatic N) is 2. The lowest BCUT2D eigenvalue weighted by atomic mass is 10.0. The molecule has 0 saturated carbocycles. The van der Waals surface area contributed by atoms with E-state index in [9.17, 15) is 14.9 Å².